The van der Waals surface area contributed by atoms with Crippen LogP contribution >= 0.6 is 11.6 Å². The fraction of sp³-hybridized carbons (Fsp3) is 0.538. The maximum atomic E-state index is 11.1. The van der Waals surface area contributed by atoms with Gasteiger partial charge < -0.3 is 15.1 Å². The molecule has 1 aliphatic rings. The third-order valence-corrected chi connectivity index (χ3v) is 3.77. The summed E-state index contributed by atoms with van der Waals surface area (Å²) in [5.74, 6) is -0.494. The minimum absolute atomic E-state index is 0.0171. The van der Waals surface area contributed by atoms with Gasteiger partial charge in [-0.2, -0.15) is 0 Å². The molecule has 1 aromatic heterocycles. The zero-order valence-electron chi connectivity index (χ0n) is 10.5. The van der Waals surface area contributed by atoms with E-state index in [2.05, 4.69) is 4.98 Å². The van der Waals surface area contributed by atoms with E-state index in [4.69, 9.17) is 16.7 Å². The molecule has 5 nitrogen and oxygen atoms in total. The third-order valence-electron chi connectivity index (χ3n) is 3.47. The monoisotopic (exact) mass is 284 g/mol. The van der Waals surface area contributed by atoms with E-state index in [0.717, 1.165) is 25.7 Å². The van der Waals surface area contributed by atoms with Crippen LogP contribution in [0.3, 0.4) is 0 Å². The van der Waals surface area contributed by atoms with Gasteiger partial charge >= 0.3 is 5.97 Å². The number of nitrogens with zero attached hydrogens (tertiary/aromatic N) is 2. The first-order valence-corrected chi connectivity index (χ1v) is 6.77. The predicted octanol–water partition coefficient (Wildman–Crippen LogP) is 2.17. The van der Waals surface area contributed by atoms with Gasteiger partial charge in [0.05, 0.1) is 17.2 Å². The van der Waals surface area contributed by atoms with Crippen molar-refractivity contribution in [3.05, 3.63) is 22.8 Å². The van der Waals surface area contributed by atoms with E-state index >= 15 is 0 Å². The Labute approximate surface area is 116 Å². The number of hydrogen-bond acceptors (Lipinski definition) is 4. The second-order valence-electron chi connectivity index (χ2n) is 4.68. The van der Waals surface area contributed by atoms with Crippen molar-refractivity contribution >= 4 is 23.4 Å². The van der Waals surface area contributed by atoms with Gasteiger partial charge in [0.2, 0.25) is 0 Å². The first-order valence-electron chi connectivity index (χ1n) is 6.40. The molecule has 0 aromatic carbocycles. The molecule has 2 N–H and O–H groups in total. The van der Waals surface area contributed by atoms with Gasteiger partial charge in [-0.05, 0) is 18.9 Å². The number of aromatic nitrogens is 1. The van der Waals surface area contributed by atoms with E-state index in [0.29, 0.717) is 18.4 Å². The molecule has 1 aromatic rings. The van der Waals surface area contributed by atoms with Crippen molar-refractivity contribution in [1.82, 2.24) is 4.98 Å². The van der Waals surface area contributed by atoms with Crippen molar-refractivity contribution in [3.63, 3.8) is 0 Å². The van der Waals surface area contributed by atoms with Gasteiger partial charge in [-0.15, -0.1) is 0 Å². The molecule has 6 heteroatoms. The SMILES string of the molecule is O=C(O)c1cc(N(CCO)C2CCCC2)ncc1Cl. The number of rotatable bonds is 5. The van der Waals surface area contributed by atoms with E-state index in [9.17, 15) is 9.90 Å². The molecular formula is C13H17ClN2O3. The molecule has 19 heavy (non-hydrogen) atoms. The van der Waals surface area contributed by atoms with Crippen molar-refractivity contribution in [1.29, 1.82) is 0 Å². The number of carbonyl (C=O) groups is 1. The lowest BCUT2D eigenvalue weighted by molar-refractivity contribution is 0.0697. The Morgan fingerprint density at radius 1 is 1.47 bits per heavy atom. The normalized spacial score (nSPS) is 15.7. The molecule has 0 unspecified atom stereocenters. The lowest BCUT2D eigenvalue weighted by Gasteiger charge is -2.29. The average Bonchev–Trinajstić information content (AvgIpc) is 2.90. The van der Waals surface area contributed by atoms with E-state index in [1.165, 1.54) is 12.3 Å². The number of hydrogen-bond donors (Lipinski definition) is 2. The van der Waals surface area contributed by atoms with Crippen molar-refractivity contribution in [3.8, 4) is 0 Å². The Hall–Kier alpha value is -1.33. The Balaban J connectivity index is 2.30. The molecule has 1 fully saturated rings. The minimum Gasteiger partial charge on any atom is -0.478 e. The summed E-state index contributed by atoms with van der Waals surface area (Å²) in [6.07, 6.45) is 5.77. The number of aromatic carboxylic acids is 1. The molecule has 104 valence electrons. The first-order chi connectivity index (χ1) is 9.13. The van der Waals surface area contributed by atoms with E-state index in [1.807, 2.05) is 4.90 Å². The Bertz CT molecular complexity index is 461. The van der Waals surface area contributed by atoms with Crippen LogP contribution in [0, 0.1) is 0 Å². The lowest BCUT2D eigenvalue weighted by atomic mass is 10.2. The quantitative estimate of drug-likeness (QED) is 0.867. The summed E-state index contributed by atoms with van der Waals surface area (Å²) in [7, 11) is 0. The summed E-state index contributed by atoms with van der Waals surface area (Å²) in [6, 6.07) is 1.81. The molecule has 1 heterocycles. The topological polar surface area (TPSA) is 73.7 Å². The number of carboxylic acids is 1. The highest BCUT2D eigenvalue weighted by Crippen LogP contribution is 2.28. The number of aliphatic hydroxyl groups excluding tert-OH is 1. The number of carboxylic acid groups (broad SMARTS) is 1. The molecule has 0 saturated heterocycles. The number of halogens is 1. The molecule has 0 bridgehead atoms. The van der Waals surface area contributed by atoms with Crippen LogP contribution in [0.1, 0.15) is 36.0 Å². The van der Waals surface area contributed by atoms with Crippen LogP contribution in [-0.4, -0.2) is 40.4 Å². The summed E-state index contributed by atoms with van der Waals surface area (Å²) in [4.78, 5) is 17.3. The molecule has 1 saturated carbocycles. The number of aliphatic hydroxyl groups is 1. The zero-order chi connectivity index (χ0) is 13.8. The fourth-order valence-electron chi connectivity index (χ4n) is 2.56. The van der Waals surface area contributed by atoms with E-state index in [-0.39, 0.29) is 17.2 Å². The molecular weight excluding hydrogens is 268 g/mol. The molecule has 1 aliphatic carbocycles. The van der Waals surface area contributed by atoms with Crippen LogP contribution in [0.2, 0.25) is 5.02 Å². The number of anilines is 1. The van der Waals surface area contributed by atoms with Crippen LogP contribution in [0.4, 0.5) is 5.82 Å². The van der Waals surface area contributed by atoms with Crippen molar-refractivity contribution in [2.24, 2.45) is 0 Å². The maximum absolute atomic E-state index is 11.1. The lowest BCUT2D eigenvalue weighted by Crippen LogP contribution is -2.36. The second kappa shape index (κ2) is 6.21. The predicted molar refractivity (Wildman–Crippen MR) is 72.9 cm³/mol. The molecule has 0 spiro atoms. The largest absolute Gasteiger partial charge is 0.478 e. The minimum atomic E-state index is -1.07. The zero-order valence-corrected chi connectivity index (χ0v) is 11.3. The number of pyridine rings is 1. The highest BCUT2D eigenvalue weighted by atomic mass is 35.5. The maximum Gasteiger partial charge on any atom is 0.337 e. The highest BCUT2D eigenvalue weighted by Gasteiger charge is 2.24. The molecule has 0 radical (unpaired) electrons. The van der Waals surface area contributed by atoms with E-state index < -0.39 is 5.97 Å². The van der Waals surface area contributed by atoms with Crippen molar-refractivity contribution < 1.29 is 15.0 Å². The third kappa shape index (κ3) is 3.16. The Morgan fingerprint density at radius 2 is 2.16 bits per heavy atom. The summed E-state index contributed by atoms with van der Waals surface area (Å²) >= 11 is 5.82. The summed E-state index contributed by atoms with van der Waals surface area (Å²) in [5.41, 5.74) is 0.0487. The van der Waals surface area contributed by atoms with Gasteiger partial charge in [-0.25, -0.2) is 9.78 Å². The second-order valence-corrected chi connectivity index (χ2v) is 5.09. The van der Waals surface area contributed by atoms with Gasteiger partial charge in [0.25, 0.3) is 0 Å². The van der Waals surface area contributed by atoms with Crippen molar-refractivity contribution in [2.75, 3.05) is 18.1 Å². The van der Waals surface area contributed by atoms with Gasteiger partial charge in [0.15, 0.2) is 0 Å². The summed E-state index contributed by atoms with van der Waals surface area (Å²) in [5, 5.41) is 18.4. The van der Waals surface area contributed by atoms with Crippen LogP contribution < -0.4 is 4.90 Å². The summed E-state index contributed by atoms with van der Waals surface area (Å²) < 4.78 is 0. The molecule has 0 aliphatic heterocycles. The van der Waals surface area contributed by atoms with Crippen molar-refractivity contribution in [2.45, 2.75) is 31.7 Å². The molecule has 0 amide bonds. The average molecular weight is 285 g/mol. The smallest absolute Gasteiger partial charge is 0.337 e. The van der Waals surface area contributed by atoms with Crippen LogP contribution in [-0.2, 0) is 0 Å². The van der Waals surface area contributed by atoms with E-state index in [1.54, 1.807) is 0 Å². The van der Waals surface area contributed by atoms with Gasteiger partial charge in [0.1, 0.15) is 5.82 Å². The van der Waals surface area contributed by atoms with Gasteiger partial charge in [-0.3, -0.25) is 0 Å². The Morgan fingerprint density at radius 3 is 2.74 bits per heavy atom. The summed E-state index contributed by atoms with van der Waals surface area (Å²) in [6.45, 7) is 0.474. The van der Waals surface area contributed by atoms with Crippen LogP contribution in [0.25, 0.3) is 0 Å². The van der Waals surface area contributed by atoms with Gasteiger partial charge in [-0.1, -0.05) is 24.4 Å². The highest BCUT2D eigenvalue weighted by molar-refractivity contribution is 6.33. The molecule has 2 rings (SSSR count). The standard InChI is InChI=1S/C13H17ClN2O3/c14-11-8-15-12(7-10(11)13(18)19)16(5-6-17)9-3-1-2-4-9/h7-9,17H,1-6H2,(H,18,19). The molecule has 0 atom stereocenters. The van der Waals surface area contributed by atoms with Gasteiger partial charge in [0, 0.05) is 18.8 Å². The Kier molecular flexibility index (Phi) is 4.61. The van der Waals surface area contributed by atoms with Crippen LogP contribution in [0.15, 0.2) is 12.3 Å². The first kappa shape index (κ1) is 14.1. The fourth-order valence-corrected chi connectivity index (χ4v) is 2.74. The van der Waals surface area contributed by atoms with Crippen LogP contribution in [0.5, 0.6) is 0 Å².